The van der Waals surface area contributed by atoms with Crippen LogP contribution in [0, 0.1) is 0 Å². The van der Waals surface area contributed by atoms with E-state index in [4.69, 9.17) is 37.0 Å². The average Bonchev–Trinajstić information content (AvgIpc) is 0.988. The summed E-state index contributed by atoms with van der Waals surface area (Å²) in [6.45, 7) is 4.40. The Balaban J connectivity index is 5.42. The number of carbonyl (C=O) groups excluding carboxylic acids is 4. The van der Waals surface area contributed by atoms with Gasteiger partial charge in [-0.2, -0.15) is 0 Å². The van der Waals surface area contributed by atoms with Crippen molar-refractivity contribution in [3.8, 4) is 0 Å². The molecule has 0 aromatic carbocycles. The van der Waals surface area contributed by atoms with E-state index in [1.807, 2.05) is 18.2 Å². The molecular weight excluding hydrogens is 1310 g/mol. The van der Waals surface area contributed by atoms with Crippen LogP contribution in [0.4, 0.5) is 0 Å². The zero-order valence-corrected chi connectivity index (χ0v) is 64.1. The van der Waals surface area contributed by atoms with Crippen LogP contribution in [0.25, 0.3) is 0 Å². The molecule has 17 nitrogen and oxygen atoms in total. The first-order valence-corrected chi connectivity index (χ1v) is 41.4. The summed E-state index contributed by atoms with van der Waals surface area (Å²) in [5.41, 5.74) is 0. The van der Waals surface area contributed by atoms with Crippen molar-refractivity contribution in [3.05, 3.63) is 134 Å². The highest BCUT2D eigenvalue weighted by Gasteiger charge is 2.30. The Labute approximate surface area is 605 Å². The number of aliphatic hydroxyl groups excluding tert-OH is 1. The van der Waals surface area contributed by atoms with Crippen LogP contribution in [0.5, 0.6) is 0 Å². The lowest BCUT2D eigenvalue weighted by molar-refractivity contribution is -0.161. The number of phosphoric ester groups is 2. The van der Waals surface area contributed by atoms with Gasteiger partial charge in [0.1, 0.15) is 19.3 Å². The number of phosphoric acid groups is 2. The summed E-state index contributed by atoms with van der Waals surface area (Å²) in [4.78, 5) is 72.8. The van der Waals surface area contributed by atoms with Crippen LogP contribution in [-0.2, 0) is 65.4 Å². The molecule has 0 aliphatic rings. The lowest BCUT2D eigenvalue weighted by Gasteiger charge is -2.21. The summed E-state index contributed by atoms with van der Waals surface area (Å²) in [6.07, 6.45) is 80.4. The maximum Gasteiger partial charge on any atom is 0.472 e. The predicted molar refractivity (Wildman–Crippen MR) is 408 cm³/mol. The molecule has 3 N–H and O–H groups in total. The van der Waals surface area contributed by atoms with Crippen molar-refractivity contribution in [1.82, 2.24) is 0 Å². The maximum absolute atomic E-state index is 13.1. The number of hydrogen-bond donors (Lipinski definition) is 3. The fourth-order valence-electron chi connectivity index (χ4n) is 9.91. The van der Waals surface area contributed by atoms with Crippen LogP contribution in [-0.4, -0.2) is 96.7 Å². The van der Waals surface area contributed by atoms with Crippen molar-refractivity contribution < 1.29 is 80.2 Å². The first-order valence-electron chi connectivity index (χ1n) is 38.4. The van der Waals surface area contributed by atoms with Crippen molar-refractivity contribution >= 4 is 39.5 Å². The summed E-state index contributed by atoms with van der Waals surface area (Å²) in [5.74, 6) is -2.35. The lowest BCUT2D eigenvalue weighted by Crippen LogP contribution is -2.30. The van der Waals surface area contributed by atoms with Gasteiger partial charge in [-0.15, -0.1) is 0 Å². The fourth-order valence-corrected chi connectivity index (χ4v) is 11.5. The monoisotopic (exact) mass is 1440 g/mol. The molecule has 0 spiro atoms. The third kappa shape index (κ3) is 71.6. The Bertz CT molecular complexity index is 2420. The number of hydrogen-bond acceptors (Lipinski definition) is 15. The maximum atomic E-state index is 13.1. The first-order chi connectivity index (χ1) is 48.7. The standard InChI is InChI=1S/C81H136O17P2/c1-5-9-13-17-21-25-29-33-36-37-40-43-46-50-54-58-62-66-79(84)92-71-76(97-80(85)67-63-59-55-51-47-41-32-28-24-20-16-12-8-4)73-95-99(87,88)93-69-75(82)70-94-100(89,90)96-74-77(98-81(86)68-64-60-56-52-48-44-39-35-31-27-23-19-15-11-7-3)72-91-78(83)65-61-57-53-49-45-42-38-34-30-26-22-18-14-10-6-2/h9-11,13-15,21-23,25-27,33-36,38-39,45,49,57,61,75-77,82H,5-8,12,16-20,24,28-32,37,40-44,46-48,50-56,58-60,62-74H2,1-4H3,(H,87,88)(H,89,90)/b13-9-,14-10-,15-11-,25-21-,26-22-,27-23-,36-33-,38-34-,39-35-,49-45-,61-57-. The van der Waals surface area contributed by atoms with E-state index in [1.54, 1.807) is 6.08 Å². The second kappa shape index (κ2) is 72.5. The van der Waals surface area contributed by atoms with Crippen molar-refractivity contribution in [2.75, 3.05) is 39.6 Å². The smallest absolute Gasteiger partial charge is 0.462 e. The summed E-state index contributed by atoms with van der Waals surface area (Å²) in [6, 6.07) is 0. The summed E-state index contributed by atoms with van der Waals surface area (Å²) in [7, 11) is -9.99. The molecule has 0 radical (unpaired) electrons. The van der Waals surface area contributed by atoms with E-state index in [-0.39, 0.29) is 25.7 Å². The molecule has 0 bridgehead atoms. The SMILES string of the molecule is CC/C=C\C/C=C\C/C=C\C/C=C\C/C=C\CC(=O)OCC(COP(=O)(O)OCC(O)COP(=O)(O)OCC(COC(=O)CCCCCCCCC/C=C\C/C=C\C/C=C\CC)OC(=O)CCCCCCCCCCCCCCC)OC(=O)CCCCCCC/C=C\C/C=C\C/C=C\CC. The van der Waals surface area contributed by atoms with Gasteiger partial charge in [-0.1, -0.05) is 290 Å². The van der Waals surface area contributed by atoms with Crippen molar-refractivity contribution in [3.63, 3.8) is 0 Å². The third-order valence-electron chi connectivity index (χ3n) is 15.7. The highest BCUT2D eigenvalue weighted by atomic mass is 31.2. The van der Waals surface area contributed by atoms with Gasteiger partial charge in [-0.3, -0.25) is 37.3 Å². The molecule has 0 amide bonds. The molecule has 0 heterocycles. The molecule has 100 heavy (non-hydrogen) atoms. The topological polar surface area (TPSA) is 237 Å². The van der Waals surface area contributed by atoms with Gasteiger partial charge in [-0.05, 0) is 116 Å². The molecule has 0 saturated carbocycles. The van der Waals surface area contributed by atoms with E-state index in [0.717, 1.165) is 167 Å². The lowest BCUT2D eigenvalue weighted by atomic mass is 10.0. The van der Waals surface area contributed by atoms with Gasteiger partial charge in [0.25, 0.3) is 0 Å². The minimum Gasteiger partial charge on any atom is -0.462 e. The molecule has 19 heteroatoms. The quantitative estimate of drug-likeness (QED) is 0.0169. The molecule has 0 aliphatic carbocycles. The normalized spacial score (nSPS) is 14.7. The summed E-state index contributed by atoms with van der Waals surface area (Å²) in [5, 5.41) is 10.6. The number of carbonyl (C=O) groups is 4. The van der Waals surface area contributed by atoms with Crippen molar-refractivity contribution in [1.29, 1.82) is 0 Å². The molecule has 0 saturated heterocycles. The van der Waals surface area contributed by atoms with Crippen LogP contribution in [0.3, 0.4) is 0 Å². The zero-order chi connectivity index (χ0) is 73.2. The van der Waals surface area contributed by atoms with E-state index in [9.17, 15) is 43.2 Å². The number of rotatable bonds is 71. The van der Waals surface area contributed by atoms with Crippen LogP contribution >= 0.6 is 15.6 Å². The molecule has 5 atom stereocenters. The van der Waals surface area contributed by atoms with Gasteiger partial charge < -0.3 is 33.8 Å². The van der Waals surface area contributed by atoms with E-state index < -0.39 is 97.5 Å². The Morgan fingerprint density at radius 1 is 0.300 bits per heavy atom. The predicted octanol–water partition coefficient (Wildman–Crippen LogP) is 22.1. The number of allylic oxidation sites excluding steroid dienone is 21. The van der Waals surface area contributed by atoms with Crippen LogP contribution in [0.1, 0.15) is 297 Å². The molecule has 0 rings (SSSR count). The fraction of sp³-hybridized carbons (Fsp3) is 0.679. The van der Waals surface area contributed by atoms with Crippen LogP contribution in [0.2, 0.25) is 0 Å². The Kier molecular flexibility index (Phi) is 69.1. The van der Waals surface area contributed by atoms with Gasteiger partial charge in [0.2, 0.25) is 0 Å². The molecule has 0 aromatic rings. The van der Waals surface area contributed by atoms with E-state index in [2.05, 4.69) is 137 Å². The molecule has 0 aromatic heterocycles. The second-order valence-corrected chi connectivity index (χ2v) is 28.1. The zero-order valence-electron chi connectivity index (χ0n) is 62.3. The minimum absolute atomic E-state index is 0.0532. The molecule has 572 valence electrons. The third-order valence-corrected chi connectivity index (χ3v) is 17.6. The Morgan fingerprint density at radius 3 is 0.890 bits per heavy atom. The van der Waals surface area contributed by atoms with E-state index >= 15 is 0 Å². The van der Waals surface area contributed by atoms with Gasteiger partial charge in [-0.25, -0.2) is 9.13 Å². The number of esters is 4. The van der Waals surface area contributed by atoms with Gasteiger partial charge in [0, 0.05) is 19.3 Å². The van der Waals surface area contributed by atoms with Gasteiger partial charge in [0.05, 0.1) is 32.8 Å². The van der Waals surface area contributed by atoms with Gasteiger partial charge in [0.15, 0.2) is 12.2 Å². The largest absolute Gasteiger partial charge is 0.472 e. The summed E-state index contributed by atoms with van der Waals surface area (Å²) >= 11 is 0. The Hall–Kier alpha value is -4.80. The van der Waals surface area contributed by atoms with Crippen molar-refractivity contribution in [2.45, 2.75) is 316 Å². The number of unbranched alkanes of at least 4 members (excludes halogenated alkanes) is 24. The highest BCUT2D eigenvalue weighted by Crippen LogP contribution is 2.45. The highest BCUT2D eigenvalue weighted by molar-refractivity contribution is 7.47. The van der Waals surface area contributed by atoms with Gasteiger partial charge >= 0.3 is 39.5 Å². The minimum atomic E-state index is -5.00. The number of ether oxygens (including phenoxy) is 4. The second-order valence-electron chi connectivity index (χ2n) is 25.2. The molecule has 5 unspecified atom stereocenters. The average molecular weight is 1440 g/mol. The molecule has 0 aliphatic heterocycles. The van der Waals surface area contributed by atoms with Crippen LogP contribution in [0.15, 0.2) is 134 Å². The number of aliphatic hydroxyl groups is 1. The van der Waals surface area contributed by atoms with Crippen LogP contribution < -0.4 is 0 Å². The molecular formula is C81H136O17P2. The summed E-state index contributed by atoms with van der Waals surface area (Å²) < 4.78 is 68.4. The molecule has 0 fully saturated rings. The first kappa shape index (κ1) is 95.2. The Morgan fingerprint density at radius 2 is 0.560 bits per heavy atom. The van der Waals surface area contributed by atoms with Crippen molar-refractivity contribution in [2.24, 2.45) is 0 Å². The van der Waals surface area contributed by atoms with E-state index in [0.29, 0.717) is 25.7 Å². The van der Waals surface area contributed by atoms with E-state index in [1.165, 1.54) is 51.4 Å².